The number of alkyl carbamates (subject to hydrolysis) is 1. The molecule has 4 amide bonds. The third-order valence-electron chi connectivity index (χ3n) is 8.27. The highest BCUT2D eigenvalue weighted by Crippen LogP contribution is 2.29. The van der Waals surface area contributed by atoms with Gasteiger partial charge in [0, 0.05) is 6.42 Å². The average Bonchev–Trinajstić information content (AvgIpc) is 3.79. The Hall–Kier alpha value is -4.25. The molecule has 1 saturated heterocycles. The van der Waals surface area contributed by atoms with Crippen molar-refractivity contribution >= 4 is 29.6 Å². The maximum atomic E-state index is 14.0. The number of rotatable bonds is 18. The molecular formula is C39H56N4O7. The van der Waals surface area contributed by atoms with Crippen LogP contribution in [0.25, 0.3) is 0 Å². The highest BCUT2D eigenvalue weighted by Gasteiger charge is 2.50. The van der Waals surface area contributed by atoms with Crippen molar-refractivity contribution < 1.29 is 33.4 Å². The summed E-state index contributed by atoms with van der Waals surface area (Å²) in [6.07, 6.45) is 0.867. The second-order valence-electron chi connectivity index (χ2n) is 15.2. The van der Waals surface area contributed by atoms with E-state index < -0.39 is 59.2 Å². The molecule has 5 atom stereocenters. The molecule has 50 heavy (non-hydrogen) atoms. The standard InChI is InChI=1S/C39H56N4O7/c1-25(2)21-30(33(44)39(8)24-49-39)40-36(47)32(23-28-17-13-10-14-18-28)42-35(46)31(22-26(3)4)41-34(45)29(43-37(48)50-38(5,6)7)20-19-27-15-11-9-12-16-27/h9-18,25-26,29-32H,19-24H2,1-8H3,(H,40,47)(H,41,45)(H,42,46)(H,43,48)/t29-,30+,31-,32-,39-/m0/s1. The number of ketones is 1. The monoisotopic (exact) mass is 692 g/mol. The first-order chi connectivity index (χ1) is 23.5. The van der Waals surface area contributed by atoms with Crippen LogP contribution in [0.1, 0.15) is 85.8 Å². The molecule has 2 aromatic carbocycles. The Morgan fingerprint density at radius 2 is 1.16 bits per heavy atom. The summed E-state index contributed by atoms with van der Waals surface area (Å²) in [6, 6.07) is 15.0. The van der Waals surface area contributed by atoms with Crippen molar-refractivity contribution in [3.63, 3.8) is 0 Å². The SMILES string of the molecule is CC(C)C[C@H](NC(=O)[C@H](CCc1ccccc1)NC(=O)OC(C)(C)C)C(=O)N[C@@H](Cc1ccccc1)C(=O)N[C@H](CC(C)C)C(=O)[C@]1(C)CO1. The van der Waals surface area contributed by atoms with Gasteiger partial charge < -0.3 is 30.7 Å². The van der Waals surface area contributed by atoms with E-state index in [-0.39, 0.29) is 36.9 Å². The van der Waals surface area contributed by atoms with Crippen molar-refractivity contribution in [2.45, 2.75) is 123 Å². The van der Waals surface area contributed by atoms with Gasteiger partial charge in [0.25, 0.3) is 0 Å². The third-order valence-corrected chi connectivity index (χ3v) is 8.27. The van der Waals surface area contributed by atoms with E-state index in [1.807, 2.05) is 88.4 Å². The van der Waals surface area contributed by atoms with Gasteiger partial charge >= 0.3 is 6.09 Å². The van der Waals surface area contributed by atoms with Gasteiger partial charge in [-0.2, -0.15) is 0 Å². The smallest absolute Gasteiger partial charge is 0.408 e. The number of hydrogen-bond acceptors (Lipinski definition) is 7. The highest BCUT2D eigenvalue weighted by atomic mass is 16.6. The van der Waals surface area contributed by atoms with Crippen molar-refractivity contribution in [3.8, 4) is 0 Å². The molecule has 1 aliphatic rings. The summed E-state index contributed by atoms with van der Waals surface area (Å²) >= 11 is 0. The van der Waals surface area contributed by atoms with Crippen LogP contribution in [0.4, 0.5) is 4.79 Å². The number of carbonyl (C=O) groups excluding carboxylic acids is 5. The number of hydrogen-bond donors (Lipinski definition) is 4. The van der Waals surface area contributed by atoms with E-state index in [1.165, 1.54) is 0 Å². The van der Waals surface area contributed by atoms with Crippen LogP contribution in [0, 0.1) is 11.8 Å². The highest BCUT2D eigenvalue weighted by molar-refractivity contribution is 5.98. The quantitative estimate of drug-likeness (QED) is 0.166. The Labute approximate surface area is 297 Å². The fourth-order valence-electron chi connectivity index (χ4n) is 5.58. The van der Waals surface area contributed by atoms with Gasteiger partial charge in [0.05, 0.1) is 12.6 Å². The lowest BCUT2D eigenvalue weighted by molar-refractivity contribution is -0.134. The molecule has 0 radical (unpaired) electrons. The number of nitrogens with one attached hydrogen (secondary N) is 4. The maximum absolute atomic E-state index is 14.0. The Kier molecular flexibility index (Phi) is 14.6. The zero-order valence-electron chi connectivity index (χ0n) is 30.8. The lowest BCUT2D eigenvalue weighted by Gasteiger charge is -2.28. The van der Waals surface area contributed by atoms with E-state index in [4.69, 9.17) is 9.47 Å². The Morgan fingerprint density at radius 3 is 1.68 bits per heavy atom. The number of amides is 4. The summed E-state index contributed by atoms with van der Waals surface area (Å²) in [7, 11) is 0. The number of ether oxygens (including phenoxy) is 2. The lowest BCUT2D eigenvalue weighted by Crippen LogP contribution is -2.59. The fraction of sp³-hybridized carbons (Fsp3) is 0.564. The molecule has 11 heteroatoms. The van der Waals surface area contributed by atoms with Crippen LogP contribution in [-0.2, 0) is 41.5 Å². The van der Waals surface area contributed by atoms with Gasteiger partial charge in [0.15, 0.2) is 5.78 Å². The molecule has 0 saturated carbocycles. The van der Waals surface area contributed by atoms with Crippen LogP contribution >= 0.6 is 0 Å². The van der Waals surface area contributed by atoms with Crippen LogP contribution in [0.5, 0.6) is 0 Å². The second kappa shape index (κ2) is 18.1. The molecule has 0 spiro atoms. The van der Waals surface area contributed by atoms with Crippen LogP contribution in [-0.4, -0.2) is 71.6 Å². The van der Waals surface area contributed by atoms with Crippen molar-refractivity contribution in [1.82, 2.24) is 21.3 Å². The van der Waals surface area contributed by atoms with Crippen LogP contribution in [0.3, 0.4) is 0 Å². The molecule has 1 heterocycles. The minimum Gasteiger partial charge on any atom is -0.444 e. The zero-order valence-corrected chi connectivity index (χ0v) is 30.8. The Morgan fingerprint density at radius 1 is 0.700 bits per heavy atom. The number of epoxide rings is 1. The van der Waals surface area contributed by atoms with Crippen molar-refractivity contribution in [2.24, 2.45) is 11.8 Å². The summed E-state index contributed by atoms with van der Waals surface area (Å²) in [5.41, 5.74) is 0.0894. The number of Topliss-reactive ketones (excluding diaryl/α,β-unsaturated/α-hetero) is 1. The molecule has 0 unspecified atom stereocenters. The number of aryl methyl sites for hydroxylation is 1. The predicted molar refractivity (Wildman–Crippen MR) is 192 cm³/mol. The fourth-order valence-corrected chi connectivity index (χ4v) is 5.58. The summed E-state index contributed by atoms with van der Waals surface area (Å²) in [5, 5.41) is 11.3. The number of carbonyl (C=O) groups is 5. The molecule has 0 aliphatic carbocycles. The van der Waals surface area contributed by atoms with Crippen LogP contribution < -0.4 is 21.3 Å². The van der Waals surface area contributed by atoms with Gasteiger partial charge in [-0.05, 0) is 76.3 Å². The Bertz CT molecular complexity index is 1440. The van der Waals surface area contributed by atoms with Gasteiger partial charge in [-0.15, -0.1) is 0 Å². The van der Waals surface area contributed by atoms with E-state index >= 15 is 0 Å². The summed E-state index contributed by atoms with van der Waals surface area (Å²) in [4.78, 5) is 67.8. The zero-order chi connectivity index (χ0) is 37.1. The molecule has 4 N–H and O–H groups in total. The number of benzene rings is 2. The minimum absolute atomic E-state index is 0.00126. The summed E-state index contributed by atoms with van der Waals surface area (Å²) in [6.45, 7) is 15.0. The first-order valence-electron chi connectivity index (χ1n) is 17.6. The largest absolute Gasteiger partial charge is 0.444 e. The molecule has 11 nitrogen and oxygen atoms in total. The second-order valence-corrected chi connectivity index (χ2v) is 15.2. The normalized spacial score (nSPS) is 18.0. The van der Waals surface area contributed by atoms with Crippen molar-refractivity contribution in [3.05, 3.63) is 71.8 Å². The van der Waals surface area contributed by atoms with Crippen LogP contribution in [0.15, 0.2) is 60.7 Å². The third kappa shape index (κ3) is 13.6. The first-order valence-corrected chi connectivity index (χ1v) is 17.6. The van der Waals surface area contributed by atoms with E-state index in [1.54, 1.807) is 27.7 Å². The van der Waals surface area contributed by atoms with E-state index in [9.17, 15) is 24.0 Å². The van der Waals surface area contributed by atoms with Crippen molar-refractivity contribution in [1.29, 1.82) is 0 Å². The van der Waals surface area contributed by atoms with E-state index in [2.05, 4.69) is 21.3 Å². The molecule has 2 aromatic rings. The molecule has 1 aliphatic heterocycles. The molecule has 274 valence electrons. The van der Waals surface area contributed by atoms with E-state index in [0.717, 1.165) is 11.1 Å². The molecular weight excluding hydrogens is 636 g/mol. The van der Waals surface area contributed by atoms with Gasteiger partial charge in [0.2, 0.25) is 17.7 Å². The van der Waals surface area contributed by atoms with Gasteiger partial charge in [-0.3, -0.25) is 19.2 Å². The first kappa shape index (κ1) is 40.2. The van der Waals surface area contributed by atoms with Gasteiger partial charge in [0.1, 0.15) is 29.3 Å². The molecule has 3 rings (SSSR count). The molecule has 0 bridgehead atoms. The summed E-state index contributed by atoms with van der Waals surface area (Å²) < 4.78 is 10.8. The lowest BCUT2D eigenvalue weighted by atomic mass is 9.93. The maximum Gasteiger partial charge on any atom is 0.408 e. The van der Waals surface area contributed by atoms with Gasteiger partial charge in [-0.1, -0.05) is 88.4 Å². The minimum atomic E-state index is -1.04. The topological polar surface area (TPSA) is 155 Å². The molecule has 0 aromatic heterocycles. The van der Waals surface area contributed by atoms with Crippen molar-refractivity contribution in [2.75, 3.05) is 6.61 Å². The summed E-state index contributed by atoms with van der Waals surface area (Å²) in [5.74, 6) is -1.69. The average molecular weight is 693 g/mol. The van der Waals surface area contributed by atoms with Gasteiger partial charge in [-0.25, -0.2) is 4.79 Å². The predicted octanol–water partition coefficient (Wildman–Crippen LogP) is 4.66. The van der Waals surface area contributed by atoms with Crippen LogP contribution in [0.2, 0.25) is 0 Å². The molecule has 1 fully saturated rings. The van der Waals surface area contributed by atoms with E-state index in [0.29, 0.717) is 19.4 Å². The Balaban J connectivity index is 1.83.